The summed E-state index contributed by atoms with van der Waals surface area (Å²) in [6, 6.07) is 0. The molecule has 0 N–H and O–H groups in total. The van der Waals surface area contributed by atoms with Gasteiger partial charge in [-0.05, 0) is 0 Å². The fourth-order valence-corrected chi connectivity index (χ4v) is 0. The van der Waals surface area contributed by atoms with Crippen molar-refractivity contribution in [2.24, 2.45) is 0 Å². The molecule has 38 valence electrons. The SMILES string of the molecule is [O-][Si]([O-])([O-])[O-].[Pt+4]. The van der Waals surface area contributed by atoms with E-state index in [1.54, 1.807) is 0 Å². The van der Waals surface area contributed by atoms with Crippen LogP contribution in [0.1, 0.15) is 0 Å². The van der Waals surface area contributed by atoms with Crippen LogP contribution in [0.4, 0.5) is 0 Å². The Kier molecular flexibility index (Phi) is 4.69. The zero-order valence-corrected chi connectivity index (χ0v) is 5.72. The quantitative estimate of drug-likeness (QED) is 0.417. The Labute approximate surface area is 49.8 Å². The van der Waals surface area contributed by atoms with E-state index in [1.807, 2.05) is 0 Å². The van der Waals surface area contributed by atoms with Gasteiger partial charge in [0.05, 0.1) is 0 Å². The summed E-state index contributed by atoms with van der Waals surface area (Å²) in [5.41, 5.74) is 0. The first-order valence-corrected chi connectivity index (χ1v) is 2.45. The minimum Gasteiger partial charge on any atom is -0.894 e. The van der Waals surface area contributed by atoms with E-state index in [0.29, 0.717) is 0 Å². The van der Waals surface area contributed by atoms with Gasteiger partial charge in [0, 0.05) is 0 Å². The molecule has 0 saturated carbocycles. The normalized spacial score (nSPS) is 10.0. The molecule has 0 heterocycles. The molecule has 0 aromatic rings. The summed E-state index contributed by atoms with van der Waals surface area (Å²) < 4.78 is 0. The van der Waals surface area contributed by atoms with Crippen LogP contribution < -0.4 is 19.2 Å². The van der Waals surface area contributed by atoms with E-state index in [1.165, 1.54) is 0 Å². The van der Waals surface area contributed by atoms with E-state index < -0.39 is 9.05 Å². The molecule has 0 atom stereocenters. The van der Waals surface area contributed by atoms with Gasteiger partial charge in [-0.3, -0.25) is 0 Å². The predicted molar refractivity (Wildman–Crippen MR) is 5.75 cm³/mol. The molecule has 4 nitrogen and oxygen atoms in total. The van der Waals surface area contributed by atoms with Crippen LogP contribution in [-0.2, 0) is 21.1 Å². The van der Waals surface area contributed by atoms with Crippen molar-refractivity contribution in [3.8, 4) is 0 Å². The maximum Gasteiger partial charge on any atom is 4.00 e. The van der Waals surface area contributed by atoms with Crippen LogP contribution in [-0.4, -0.2) is 9.05 Å². The van der Waals surface area contributed by atoms with Gasteiger partial charge in [0.25, 0.3) is 0 Å². The molecule has 0 unspecified atom stereocenters. The second-order valence-electron chi connectivity index (χ2n) is 0.500. The molecule has 0 aliphatic rings. The molecule has 0 aliphatic carbocycles. The Morgan fingerprint density at radius 1 is 0.833 bits per heavy atom. The van der Waals surface area contributed by atoms with Crippen molar-refractivity contribution < 1.29 is 40.2 Å². The van der Waals surface area contributed by atoms with Gasteiger partial charge in [-0.15, -0.1) is 0 Å². The van der Waals surface area contributed by atoms with Crippen molar-refractivity contribution in [1.82, 2.24) is 0 Å². The summed E-state index contributed by atoms with van der Waals surface area (Å²) in [5, 5.41) is 0. The maximum absolute atomic E-state index is 8.58. The summed E-state index contributed by atoms with van der Waals surface area (Å²) in [4.78, 5) is 34.3. The van der Waals surface area contributed by atoms with Gasteiger partial charge in [-0.1, -0.05) is 0 Å². The average Bonchev–Trinajstić information content (AvgIpc) is 0.722. The Hall–Kier alpha value is 0.745. The Morgan fingerprint density at radius 3 is 0.833 bits per heavy atom. The van der Waals surface area contributed by atoms with Crippen molar-refractivity contribution >= 4 is 9.05 Å². The molecular weight excluding hydrogens is 287 g/mol. The van der Waals surface area contributed by atoms with Crippen molar-refractivity contribution in [3.63, 3.8) is 0 Å². The fraction of sp³-hybridized carbons (Fsp3) is 0. The van der Waals surface area contributed by atoms with Crippen molar-refractivity contribution in [2.45, 2.75) is 0 Å². The van der Waals surface area contributed by atoms with Crippen molar-refractivity contribution in [3.05, 3.63) is 0 Å². The van der Waals surface area contributed by atoms with Crippen molar-refractivity contribution in [1.29, 1.82) is 0 Å². The largest absolute Gasteiger partial charge is 4.00 e. The van der Waals surface area contributed by atoms with Gasteiger partial charge < -0.3 is 28.2 Å². The molecule has 0 spiro atoms. The Morgan fingerprint density at radius 2 is 0.833 bits per heavy atom. The second-order valence-corrected chi connectivity index (χ2v) is 1.50. The van der Waals surface area contributed by atoms with E-state index >= 15 is 0 Å². The summed E-state index contributed by atoms with van der Waals surface area (Å²) in [6.45, 7) is 0. The van der Waals surface area contributed by atoms with E-state index in [-0.39, 0.29) is 21.1 Å². The van der Waals surface area contributed by atoms with Gasteiger partial charge in [0.1, 0.15) is 0 Å². The minimum absolute atomic E-state index is 0. The molecule has 0 aromatic heterocycles. The molecule has 0 aliphatic heterocycles. The van der Waals surface area contributed by atoms with Crippen LogP contribution in [0.3, 0.4) is 0 Å². The van der Waals surface area contributed by atoms with Crippen LogP contribution in [0.15, 0.2) is 0 Å². The van der Waals surface area contributed by atoms with E-state index in [9.17, 15) is 0 Å². The topological polar surface area (TPSA) is 92.2 Å². The summed E-state index contributed by atoms with van der Waals surface area (Å²) in [6.07, 6.45) is 0. The summed E-state index contributed by atoms with van der Waals surface area (Å²) in [5.74, 6) is 0. The minimum atomic E-state index is -5.61. The van der Waals surface area contributed by atoms with Crippen LogP contribution in [0, 0.1) is 0 Å². The molecule has 0 fully saturated rings. The molecule has 0 aromatic carbocycles. The van der Waals surface area contributed by atoms with Gasteiger partial charge in [0.15, 0.2) is 0 Å². The average molecular weight is 287 g/mol. The van der Waals surface area contributed by atoms with Crippen LogP contribution in [0.2, 0.25) is 0 Å². The van der Waals surface area contributed by atoms with Gasteiger partial charge in [-0.25, -0.2) is 0 Å². The van der Waals surface area contributed by atoms with Crippen LogP contribution in [0.25, 0.3) is 0 Å². The van der Waals surface area contributed by atoms with Gasteiger partial charge in [-0.2, -0.15) is 0 Å². The maximum atomic E-state index is 8.58. The summed E-state index contributed by atoms with van der Waals surface area (Å²) >= 11 is 0. The van der Waals surface area contributed by atoms with Gasteiger partial charge in [0.2, 0.25) is 0 Å². The molecule has 0 saturated heterocycles. The first-order valence-electron chi connectivity index (χ1n) is 0.816. The monoisotopic (exact) mass is 287 g/mol. The molecule has 6 heavy (non-hydrogen) atoms. The summed E-state index contributed by atoms with van der Waals surface area (Å²) in [7, 11) is -5.61. The third-order valence-corrected chi connectivity index (χ3v) is 0. The third-order valence-electron chi connectivity index (χ3n) is 0. The first-order chi connectivity index (χ1) is 2.00. The fourth-order valence-electron chi connectivity index (χ4n) is 0. The number of rotatable bonds is 0. The zero-order chi connectivity index (χ0) is 4.50. The number of hydrogen-bond donors (Lipinski definition) is 0. The predicted octanol–water partition coefficient (Wildman–Crippen LogP) is -5.14. The molecule has 0 rings (SSSR count). The van der Waals surface area contributed by atoms with E-state index in [4.69, 9.17) is 19.2 Å². The van der Waals surface area contributed by atoms with E-state index in [2.05, 4.69) is 0 Å². The van der Waals surface area contributed by atoms with Gasteiger partial charge >= 0.3 is 21.1 Å². The van der Waals surface area contributed by atoms with Crippen LogP contribution in [0.5, 0.6) is 0 Å². The standard InChI is InChI=1S/O4Si.Pt/c1-5(2,3)4;/q-4;+4. The first kappa shape index (κ1) is 9.89. The third kappa shape index (κ3) is 120. The van der Waals surface area contributed by atoms with Crippen molar-refractivity contribution in [2.75, 3.05) is 0 Å². The number of hydrogen-bond acceptors (Lipinski definition) is 4. The molecule has 0 amide bonds. The molecule has 0 radical (unpaired) electrons. The smallest absolute Gasteiger partial charge is 0.894 e. The molecule has 6 heteroatoms. The van der Waals surface area contributed by atoms with Crippen LogP contribution >= 0.6 is 0 Å². The van der Waals surface area contributed by atoms with E-state index in [0.717, 1.165) is 0 Å². The second kappa shape index (κ2) is 2.84. The molecule has 0 bridgehead atoms. The molecular formula is O4PtSi. The Bertz CT molecular complexity index is 23.0. The Balaban J connectivity index is 0. The zero-order valence-electron chi connectivity index (χ0n) is 2.45.